The summed E-state index contributed by atoms with van der Waals surface area (Å²) < 4.78 is 41.2. The summed E-state index contributed by atoms with van der Waals surface area (Å²) in [5, 5.41) is 34.6. The molecule has 0 bridgehead atoms. The molecule has 0 aromatic heterocycles. The van der Waals surface area contributed by atoms with Gasteiger partial charge in [0.2, 0.25) is 5.91 Å². The first-order valence-electron chi connectivity index (χ1n) is 10.5. The maximum absolute atomic E-state index is 12.8. The van der Waals surface area contributed by atoms with Crippen LogP contribution in [0.25, 0.3) is 0 Å². The van der Waals surface area contributed by atoms with Crippen LogP contribution in [-0.2, 0) is 16.1 Å². The summed E-state index contributed by atoms with van der Waals surface area (Å²) in [6.45, 7) is -0.611. The molecule has 36 heavy (non-hydrogen) atoms. The Morgan fingerprint density at radius 1 is 1.22 bits per heavy atom. The number of anilines is 2. The first-order valence-corrected chi connectivity index (χ1v) is 10.5. The molecule has 2 atom stereocenters. The molecule has 7 N–H and O–H groups in total. The largest absolute Gasteiger partial charge is 0.573 e. The number of nitrogens with two attached hydrogens (primary N) is 1. The van der Waals surface area contributed by atoms with Gasteiger partial charge in [0.15, 0.2) is 0 Å². The number of ether oxygens (including phenoxy) is 1. The first kappa shape index (κ1) is 26.9. The Morgan fingerprint density at radius 2 is 1.94 bits per heavy atom. The second-order valence-electron chi connectivity index (χ2n) is 7.78. The molecule has 0 spiro atoms. The molecule has 0 fully saturated rings. The molecule has 1 unspecified atom stereocenters. The minimum atomic E-state index is -5.07. The van der Waals surface area contributed by atoms with Gasteiger partial charge in [0.25, 0.3) is 5.91 Å². The van der Waals surface area contributed by atoms with Crippen LogP contribution in [0, 0.1) is 0 Å². The minimum absolute atomic E-state index is 0.338. The van der Waals surface area contributed by atoms with Gasteiger partial charge in [-0.25, -0.2) is 4.79 Å². The molecular weight excluding hydrogens is 489 g/mol. The standard InChI is InChI=1S/C22H23F3N4O7/c23-22(24,25)36-13-2-4-16(15(8-13)21(34)35)29(5-6-30)18(32)9-17(31)20(33)28-12-1-3-14-11(7-12)10-27-19(14)26/h1-4,7-8,17,19,27,30-31H,5-6,9-10,26H2,(H,28,33)(H,34,35)/t17-,19?/m1/s1. The van der Waals surface area contributed by atoms with Crippen LogP contribution in [0.4, 0.5) is 24.5 Å². The number of carboxylic acids is 1. The van der Waals surface area contributed by atoms with E-state index >= 15 is 0 Å². The highest BCUT2D eigenvalue weighted by Gasteiger charge is 2.32. The van der Waals surface area contributed by atoms with Crippen molar-refractivity contribution in [3.8, 4) is 5.75 Å². The number of aromatic carboxylic acids is 1. The van der Waals surface area contributed by atoms with Crippen molar-refractivity contribution in [1.82, 2.24) is 5.32 Å². The molecule has 11 nitrogen and oxygen atoms in total. The highest BCUT2D eigenvalue weighted by molar-refractivity contribution is 6.04. The second-order valence-corrected chi connectivity index (χ2v) is 7.78. The lowest BCUT2D eigenvalue weighted by atomic mass is 10.1. The van der Waals surface area contributed by atoms with E-state index in [2.05, 4.69) is 15.4 Å². The Bertz CT molecular complexity index is 1160. The van der Waals surface area contributed by atoms with Crippen LogP contribution in [0.2, 0.25) is 0 Å². The normalized spacial score (nSPS) is 15.7. The van der Waals surface area contributed by atoms with Crippen LogP contribution in [0.3, 0.4) is 0 Å². The highest BCUT2D eigenvalue weighted by Crippen LogP contribution is 2.30. The predicted octanol–water partition coefficient (Wildman–Crippen LogP) is 1.06. The Hall–Kier alpha value is -3.72. The Balaban J connectivity index is 1.75. The number of amides is 2. The Morgan fingerprint density at radius 3 is 2.58 bits per heavy atom. The number of halogens is 3. The average molecular weight is 512 g/mol. The van der Waals surface area contributed by atoms with E-state index in [0.717, 1.165) is 28.2 Å². The van der Waals surface area contributed by atoms with Crippen LogP contribution in [0.1, 0.15) is 34.1 Å². The van der Waals surface area contributed by atoms with Crippen LogP contribution < -0.4 is 26.0 Å². The van der Waals surface area contributed by atoms with Gasteiger partial charge in [-0.1, -0.05) is 6.07 Å². The van der Waals surface area contributed by atoms with Gasteiger partial charge < -0.3 is 36.0 Å². The van der Waals surface area contributed by atoms with Gasteiger partial charge >= 0.3 is 12.3 Å². The predicted molar refractivity (Wildman–Crippen MR) is 119 cm³/mol. The van der Waals surface area contributed by atoms with Gasteiger partial charge in [-0.15, -0.1) is 13.2 Å². The van der Waals surface area contributed by atoms with Crippen molar-refractivity contribution in [3.05, 3.63) is 53.1 Å². The molecular formula is C22H23F3N4O7. The van der Waals surface area contributed by atoms with Crippen LogP contribution in [0.5, 0.6) is 5.75 Å². The van der Waals surface area contributed by atoms with E-state index in [4.69, 9.17) is 5.73 Å². The number of hydrogen-bond acceptors (Lipinski definition) is 8. The average Bonchev–Trinajstić information content (AvgIpc) is 3.16. The molecule has 2 aromatic carbocycles. The number of rotatable bonds is 9. The highest BCUT2D eigenvalue weighted by atomic mass is 19.4. The fourth-order valence-corrected chi connectivity index (χ4v) is 3.66. The summed E-state index contributed by atoms with van der Waals surface area (Å²) in [4.78, 5) is 37.7. The number of hydrogen-bond donors (Lipinski definition) is 6. The van der Waals surface area contributed by atoms with Gasteiger partial charge in [-0.05, 0) is 41.5 Å². The van der Waals surface area contributed by atoms with E-state index in [1.807, 2.05) is 0 Å². The molecule has 194 valence electrons. The van der Waals surface area contributed by atoms with Crippen molar-refractivity contribution in [1.29, 1.82) is 0 Å². The molecule has 1 aliphatic rings. The monoisotopic (exact) mass is 512 g/mol. The van der Waals surface area contributed by atoms with Gasteiger partial charge in [0, 0.05) is 18.8 Å². The summed E-state index contributed by atoms with van der Waals surface area (Å²) in [5.41, 5.74) is 6.85. The third-order valence-corrected chi connectivity index (χ3v) is 5.28. The third-order valence-electron chi connectivity index (χ3n) is 5.28. The van der Waals surface area contributed by atoms with Crippen molar-refractivity contribution in [3.63, 3.8) is 0 Å². The zero-order valence-electron chi connectivity index (χ0n) is 18.6. The second kappa shape index (κ2) is 10.9. The van der Waals surface area contributed by atoms with E-state index < -0.39 is 61.1 Å². The van der Waals surface area contributed by atoms with Crippen molar-refractivity contribution in [2.24, 2.45) is 5.73 Å². The lowest BCUT2D eigenvalue weighted by Gasteiger charge is -2.25. The quantitative estimate of drug-likeness (QED) is 0.287. The number of carboxylic acid groups (broad SMARTS) is 1. The van der Waals surface area contributed by atoms with E-state index in [9.17, 15) is 42.9 Å². The number of carbonyl (C=O) groups excluding carboxylic acids is 2. The summed E-state index contributed by atoms with van der Waals surface area (Å²) in [7, 11) is 0. The summed E-state index contributed by atoms with van der Waals surface area (Å²) >= 11 is 0. The molecule has 3 rings (SSSR count). The fraction of sp³-hybridized carbons (Fsp3) is 0.318. The van der Waals surface area contributed by atoms with Gasteiger partial charge in [0.05, 0.1) is 30.4 Å². The molecule has 2 amide bonds. The maximum atomic E-state index is 12.8. The van der Waals surface area contributed by atoms with Crippen molar-refractivity contribution in [2.75, 3.05) is 23.4 Å². The van der Waals surface area contributed by atoms with Gasteiger partial charge in [-0.3, -0.25) is 14.9 Å². The number of fused-ring (bicyclic) bond motifs is 1. The number of nitrogens with zero attached hydrogens (tertiary/aromatic N) is 1. The lowest BCUT2D eigenvalue weighted by molar-refractivity contribution is -0.274. The van der Waals surface area contributed by atoms with E-state index in [1.54, 1.807) is 18.2 Å². The zero-order chi connectivity index (χ0) is 26.6. The Kier molecular flexibility index (Phi) is 8.14. The summed E-state index contributed by atoms with van der Waals surface area (Å²) in [6.07, 6.45) is -8.07. The molecule has 0 saturated carbocycles. The lowest BCUT2D eigenvalue weighted by Crippen LogP contribution is -2.39. The van der Waals surface area contributed by atoms with Crippen LogP contribution >= 0.6 is 0 Å². The number of aliphatic hydroxyl groups excluding tert-OH is 2. The fourth-order valence-electron chi connectivity index (χ4n) is 3.66. The number of nitrogens with one attached hydrogen (secondary N) is 2. The topological polar surface area (TPSA) is 174 Å². The molecule has 14 heteroatoms. The smallest absolute Gasteiger partial charge is 0.478 e. The summed E-state index contributed by atoms with van der Waals surface area (Å²) in [6, 6.07) is 7.19. The molecule has 1 heterocycles. The molecule has 1 aliphatic heterocycles. The van der Waals surface area contributed by atoms with E-state index in [-0.39, 0.29) is 11.9 Å². The number of alkyl halides is 3. The zero-order valence-corrected chi connectivity index (χ0v) is 18.6. The minimum Gasteiger partial charge on any atom is -0.478 e. The summed E-state index contributed by atoms with van der Waals surface area (Å²) in [5.74, 6) is -4.37. The first-order chi connectivity index (χ1) is 16.9. The van der Waals surface area contributed by atoms with Crippen LogP contribution in [-0.4, -0.2) is 58.7 Å². The number of benzene rings is 2. The van der Waals surface area contributed by atoms with Crippen molar-refractivity contribution >= 4 is 29.2 Å². The van der Waals surface area contributed by atoms with Crippen molar-refractivity contribution in [2.45, 2.75) is 31.6 Å². The van der Waals surface area contributed by atoms with E-state index in [0.29, 0.717) is 18.3 Å². The van der Waals surface area contributed by atoms with E-state index in [1.165, 1.54) is 0 Å². The molecule has 0 saturated heterocycles. The number of carbonyl (C=O) groups is 3. The number of aliphatic hydroxyl groups is 2. The Labute approximate surface area is 202 Å². The third kappa shape index (κ3) is 6.48. The molecule has 2 aromatic rings. The van der Waals surface area contributed by atoms with Gasteiger partial charge in [-0.2, -0.15) is 0 Å². The molecule has 0 aliphatic carbocycles. The maximum Gasteiger partial charge on any atom is 0.573 e. The molecule has 0 radical (unpaired) electrons. The SMILES string of the molecule is NC1NCc2cc(NC(=O)[C@H](O)CC(=O)N(CCO)c3ccc(OC(F)(F)F)cc3C(=O)O)ccc21. The van der Waals surface area contributed by atoms with Crippen molar-refractivity contribution < 1.29 is 47.6 Å². The van der Waals surface area contributed by atoms with Gasteiger partial charge in [0.1, 0.15) is 11.9 Å². The van der Waals surface area contributed by atoms with Crippen LogP contribution in [0.15, 0.2) is 36.4 Å².